The Hall–Kier alpha value is -1.45. The average molecular weight is 301 g/mol. The molecule has 0 saturated carbocycles. The predicted octanol–water partition coefficient (Wildman–Crippen LogP) is 4.36. The lowest BCUT2D eigenvalue weighted by atomic mass is 10.2. The first-order chi connectivity index (χ1) is 10.2. The molecule has 21 heavy (non-hydrogen) atoms. The molecule has 0 amide bonds. The number of benzene rings is 2. The number of ether oxygens (including phenoxy) is 1. The molecule has 0 aliphatic rings. The quantitative estimate of drug-likeness (QED) is 0.578. The Morgan fingerprint density at radius 2 is 1.71 bits per heavy atom. The zero-order valence-electron chi connectivity index (χ0n) is 12.7. The number of rotatable bonds is 8. The molecule has 2 nitrogen and oxygen atoms in total. The van der Waals surface area contributed by atoms with Gasteiger partial charge in [-0.05, 0) is 29.8 Å². The SMILES string of the molecule is CC(C)NCc1ccc(SCCOc2ccccc2)cc1. The molecule has 0 fully saturated rings. The summed E-state index contributed by atoms with van der Waals surface area (Å²) in [4.78, 5) is 1.29. The fourth-order valence-electron chi connectivity index (χ4n) is 1.86. The van der Waals surface area contributed by atoms with Crippen molar-refractivity contribution < 1.29 is 4.74 Å². The van der Waals surface area contributed by atoms with E-state index in [1.807, 2.05) is 42.1 Å². The van der Waals surface area contributed by atoms with Crippen molar-refractivity contribution >= 4 is 11.8 Å². The van der Waals surface area contributed by atoms with Gasteiger partial charge in [0.25, 0.3) is 0 Å². The summed E-state index contributed by atoms with van der Waals surface area (Å²) in [5.74, 6) is 1.89. The standard InChI is InChI=1S/C18H23NOS/c1-15(2)19-14-16-8-10-18(11-9-16)21-13-12-20-17-6-4-3-5-7-17/h3-11,15,19H,12-14H2,1-2H3. The Bertz CT molecular complexity index is 511. The minimum Gasteiger partial charge on any atom is -0.493 e. The van der Waals surface area contributed by atoms with E-state index in [2.05, 4.69) is 43.4 Å². The van der Waals surface area contributed by atoms with Crippen LogP contribution >= 0.6 is 11.8 Å². The number of para-hydroxylation sites is 1. The van der Waals surface area contributed by atoms with Gasteiger partial charge in [-0.2, -0.15) is 0 Å². The summed E-state index contributed by atoms with van der Waals surface area (Å²) >= 11 is 1.83. The Kier molecular flexibility index (Phi) is 6.64. The molecule has 0 heterocycles. The first-order valence-electron chi connectivity index (χ1n) is 7.37. The summed E-state index contributed by atoms with van der Waals surface area (Å²) in [6.45, 7) is 5.99. The minimum atomic E-state index is 0.522. The molecule has 0 spiro atoms. The fraction of sp³-hybridized carbons (Fsp3) is 0.333. The average Bonchev–Trinajstić information content (AvgIpc) is 2.52. The molecule has 0 aliphatic heterocycles. The van der Waals surface area contributed by atoms with Crippen molar-refractivity contribution in [1.82, 2.24) is 5.32 Å². The van der Waals surface area contributed by atoms with Gasteiger partial charge in [0.1, 0.15) is 5.75 Å². The van der Waals surface area contributed by atoms with Crippen molar-refractivity contribution in [2.45, 2.75) is 31.3 Å². The smallest absolute Gasteiger partial charge is 0.119 e. The highest BCUT2D eigenvalue weighted by atomic mass is 32.2. The molecule has 1 N–H and O–H groups in total. The topological polar surface area (TPSA) is 21.3 Å². The third-order valence-electron chi connectivity index (χ3n) is 3.00. The molecular weight excluding hydrogens is 278 g/mol. The first-order valence-corrected chi connectivity index (χ1v) is 8.35. The summed E-state index contributed by atoms with van der Waals surface area (Å²) in [5.41, 5.74) is 1.33. The highest BCUT2D eigenvalue weighted by Crippen LogP contribution is 2.19. The molecule has 3 heteroatoms. The van der Waals surface area contributed by atoms with Gasteiger partial charge in [-0.1, -0.05) is 44.2 Å². The molecule has 2 rings (SSSR count). The van der Waals surface area contributed by atoms with E-state index in [9.17, 15) is 0 Å². The molecule has 2 aromatic rings. The van der Waals surface area contributed by atoms with Gasteiger partial charge in [0, 0.05) is 23.2 Å². The third-order valence-corrected chi connectivity index (χ3v) is 3.98. The second-order valence-corrected chi connectivity index (χ2v) is 6.36. The van der Waals surface area contributed by atoms with Crippen molar-refractivity contribution in [2.75, 3.05) is 12.4 Å². The molecule has 0 bridgehead atoms. The van der Waals surface area contributed by atoms with Gasteiger partial charge in [-0.15, -0.1) is 11.8 Å². The maximum absolute atomic E-state index is 5.69. The molecule has 0 aliphatic carbocycles. The normalized spacial score (nSPS) is 10.8. The lowest BCUT2D eigenvalue weighted by Crippen LogP contribution is -2.21. The van der Waals surface area contributed by atoms with Crippen molar-refractivity contribution in [3.63, 3.8) is 0 Å². The van der Waals surface area contributed by atoms with Gasteiger partial charge in [-0.25, -0.2) is 0 Å². The molecule has 0 unspecified atom stereocenters. The lowest BCUT2D eigenvalue weighted by Gasteiger charge is -2.09. The van der Waals surface area contributed by atoms with Gasteiger partial charge in [0.2, 0.25) is 0 Å². The molecule has 2 aromatic carbocycles. The van der Waals surface area contributed by atoms with E-state index < -0.39 is 0 Å². The van der Waals surface area contributed by atoms with E-state index in [1.165, 1.54) is 10.5 Å². The minimum absolute atomic E-state index is 0.522. The number of hydrogen-bond donors (Lipinski definition) is 1. The monoisotopic (exact) mass is 301 g/mol. The highest BCUT2D eigenvalue weighted by molar-refractivity contribution is 7.99. The third kappa shape index (κ3) is 6.23. The van der Waals surface area contributed by atoms with Gasteiger partial charge in [-0.3, -0.25) is 0 Å². The van der Waals surface area contributed by atoms with Crippen molar-refractivity contribution in [2.24, 2.45) is 0 Å². The Morgan fingerprint density at radius 1 is 1.00 bits per heavy atom. The van der Waals surface area contributed by atoms with Crippen LogP contribution in [0.5, 0.6) is 5.75 Å². The van der Waals surface area contributed by atoms with Crippen LogP contribution in [0.4, 0.5) is 0 Å². The lowest BCUT2D eigenvalue weighted by molar-refractivity contribution is 0.344. The molecule has 112 valence electrons. The van der Waals surface area contributed by atoms with Gasteiger partial charge >= 0.3 is 0 Å². The Labute approximate surface area is 131 Å². The fourth-order valence-corrected chi connectivity index (χ4v) is 2.59. The van der Waals surface area contributed by atoms with Gasteiger partial charge in [0.15, 0.2) is 0 Å². The van der Waals surface area contributed by atoms with Crippen molar-refractivity contribution in [1.29, 1.82) is 0 Å². The zero-order chi connectivity index (χ0) is 14.9. The number of hydrogen-bond acceptors (Lipinski definition) is 3. The summed E-state index contributed by atoms with van der Waals surface area (Å²) in [6.07, 6.45) is 0. The first kappa shape index (κ1) is 15.9. The van der Waals surface area contributed by atoms with Crippen molar-refractivity contribution in [3.8, 4) is 5.75 Å². The molecule has 0 saturated heterocycles. The van der Waals surface area contributed by atoms with Crippen molar-refractivity contribution in [3.05, 3.63) is 60.2 Å². The Balaban J connectivity index is 1.69. The van der Waals surface area contributed by atoms with E-state index in [0.29, 0.717) is 6.04 Å². The van der Waals surface area contributed by atoms with Crippen LogP contribution in [-0.4, -0.2) is 18.4 Å². The number of nitrogens with one attached hydrogen (secondary N) is 1. The summed E-state index contributed by atoms with van der Waals surface area (Å²) < 4.78 is 5.69. The molecular formula is C18H23NOS. The predicted molar refractivity (Wildman–Crippen MR) is 91.1 cm³/mol. The summed E-state index contributed by atoms with van der Waals surface area (Å²) in [7, 11) is 0. The van der Waals surface area contributed by atoms with Crippen LogP contribution in [0.1, 0.15) is 19.4 Å². The van der Waals surface area contributed by atoms with E-state index in [1.54, 1.807) is 0 Å². The van der Waals surface area contributed by atoms with E-state index >= 15 is 0 Å². The van der Waals surface area contributed by atoms with Gasteiger partial charge < -0.3 is 10.1 Å². The maximum Gasteiger partial charge on any atom is 0.119 e. The second-order valence-electron chi connectivity index (χ2n) is 5.19. The summed E-state index contributed by atoms with van der Waals surface area (Å²) in [5, 5.41) is 3.42. The van der Waals surface area contributed by atoms with Gasteiger partial charge in [0.05, 0.1) is 6.61 Å². The second kappa shape index (κ2) is 8.75. The molecule has 0 aromatic heterocycles. The van der Waals surface area contributed by atoms with Crippen LogP contribution in [0, 0.1) is 0 Å². The van der Waals surface area contributed by atoms with E-state index in [4.69, 9.17) is 4.74 Å². The molecule has 0 atom stereocenters. The van der Waals surface area contributed by atoms with Crippen LogP contribution in [0.15, 0.2) is 59.5 Å². The molecule has 0 radical (unpaired) electrons. The maximum atomic E-state index is 5.69. The number of thioether (sulfide) groups is 1. The summed E-state index contributed by atoms with van der Waals surface area (Å²) in [6, 6.07) is 19.2. The van der Waals surface area contributed by atoms with Crippen LogP contribution in [0.2, 0.25) is 0 Å². The van der Waals surface area contributed by atoms with E-state index in [0.717, 1.165) is 24.7 Å². The van der Waals surface area contributed by atoms with Crippen LogP contribution in [-0.2, 0) is 6.54 Å². The zero-order valence-corrected chi connectivity index (χ0v) is 13.5. The Morgan fingerprint density at radius 3 is 2.38 bits per heavy atom. The van der Waals surface area contributed by atoms with Crippen LogP contribution in [0.25, 0.3) is 0 Å². The van der Waals surface area contributed by atoms with Crippen LogP contribution in [0.3, 0.4) is 0 Å². The highest BCUT2D eigenvalue weighted by Gasteiger charge is 1.98. The van der Waals surface area contributed by atoms with E-state index in [-0.39, 0.29) is 0 Å². The van der Waals surface area contributed by atoms with Crippen LogP contribution < -0.4 is 10.1 Å². The largest absolute Gasteiger partial charge is 0.493 e.